The molecule has 3 rings (SSSR count). The van der Waals surface area contributed by atoms with Crippen molar-refractivity contribution < 1.29 is 9.32 Å². The van der Waals surface area contributed by atoms with Crippen molar-refractivity contribution in [1.29, 1.82) is 0 Å². The van der Waals surface area contributed by atoms with Crippen LogP contribution in [0.4, 0.5) is 5.69 Å². The van der Waals surface area contributed by atoms with E-state index in [0.717, 1.165) is 16.8 Å². The Labute approximate surface area is 121 Å². The molecule has 0 atom stereocenters. The zero-order chi connectivity index (χ0) is 14.7. The first-order valence-corrected chi connectivity index (χ1v) is 6.48. The van der Waals surface area contributed by atoms with Gasteiger partial charge in [0.15, 0.2) is 11.5 Å². The second-order valence-electron chi connectivity index (χ2n) is 4.59. The first-order chi connectivity index (χ1) is 10.2. The molecule has 5 nitrogen and oxygen atoms in total. The zero-order valence-electron chi connectivity index (χ0n) is 11.4. The van der Waals surface area contributed by atoms with Crippen LogP contribution in [0.5, 0.6) is 0 Å². The molecule has 0 saturated carbocycles. The lowest BCUT2D eigenvalue weighted by atomic mass is 10.2. The number of nitrogens with zero attached hydrogens (tertiary/aromatic N) is 2. The molecule has 21 heavy (non-hydrogen) atoms. The predicted molar refractivity (Wildman–Crippen MR) is 78.9 cm³/mol. The van der Waals surface area contributed by atoms with Crippen molar-refractivity contribution in [3.05, 3.63) is 66.1 Å². The van der Waals surface area contributed by atoms with Crippen molar-refractivity contribution in [3.63, 3.8) is 0 Å². The van der Waals surface area contributed by atoms with Gasteiger partial charge in [-0.2, -0.15) is 0 Å². The van der Waals surface area contributed by atoms with Crippen LogP contribution in [0, 0.1) is 6.92 Å². The van der Waals surface area contributed by atoms with Gasteiger partial charge in [-0.15, -0.1) is 0 Å². The van der Waals surface area contributed by atoms with Crippen LogP contribution >= 0.6 is 0 Å². The minimum absolute atomic E-state index is 0.233. The molecule has 2 heterocycles. The zero-order valence-corrected chi connectivity index (χ0v) is 11.4. The summed E-state index contributed by atoms with van der Waals surface area (Å²) in [7, 11) is 0. The summed E-state index contributed by atoms with van der Waals surface area (Å²) in [6, 6.07) is 12.8. The van der Waals surface area contributed by atoms with Crippen LogP contribution in [0.3, 0.4) is 0 Å². The highest BCUT2D eigenvalue weighted by Gasteiger charge is 2.14. The van der Waals surface area contributed by atoms with Gasteiger partial charge in [0.25, 0.3) is 5.91 Å². The standard InChI is InChI=1S/C16H13N3O2/c1-11-5-2-3-7-13(11)18-16(20)14-9-15(21-19-14)12-6-4-8-17-10-12/h2-10H,1H3,(H,18,20). The molecule has 0 aliphatic rings. The number of anilines is 1. The molecule has 0 bridgehead atoms. The van der Waals surface area contributed by atoms with E-state index in [1.807, 2.05) is 37.3 Å². The number of hydrogen-bond donors (Lipinski definition) is 1. The summed E-state index contributed by atoms with van der Waals surface area (Å²) in [6.07, 6.45) is 3.33. The van der Waals surface area contributed by atoms with E-state index in [2.05, 4.69) is 15.5 Å². The van der Waals surface area contributed by atoms with Crippen molar-refractivity contribution >= 4 is 11.6 Å². The Bertz CT molecular complexity index is 766. The first-order valence-electron chi connectivity index (χ1n) is 6.48. The lowest BCUT2D eigenvalue weighted by Crippen LogP contribution is -2.12. The Kier molecular flexibility index (Phi) is 3.47. The normalized spacial score (nSPS) is 10.3. The van der Waals surface area contributed by atoms with Gasteiger partial charge in [-0.1, -0.05) is 23.4 Å². The van der Waals surface area contributed by atoms with Gasteiger partial charge in [0, 0.05) is 29.7 Å². The Morgan fingerprint density at radius 1 is 1.19 bits per heavy atom. The van der Waals surface area contributed by atoms with Gasteiger partial charge in [-0.3, -0.25) is 9.78 Å². The van der Waals surface area contributed by atoms with Crippen LogP contribution < -0.4 is 5.32 Å². The molecular weight excluding hydrogens is 266 g/mol. The van der Waals surface area contributed by atoms with Crippen LogP contribution in [0.25, 0.3) is 11.3 Å². The van der Waals surface area contributed by atoms with Crippen LogP contribution in [-0.2, 0) is 0 Å². The predicted octanol–water partition coefficient (Wildman–Crippen LogP) is 3.30. The summed E-state index contributed by atoms with van der Waals surface area (Å²) >= 11 is 0. The maximum atomic E-state index is 12.2. The molecule has 0 spiro atoms. The number of aryl methyl sites for hydroxylation is 1. The van der Waals surface area contributed by atoms with E-state index < -0.39 is 0 Å². The number of aromatic nitrogens is 2. The monoisotopic (exact) mass is 279 g/mol. The Morgan fingerprint density at radius 2 is 2.05 bits per heavy atom. The number of rotatable bonds is 3. The van der Waals surface area contributed by atoms with E-state index in [9.17, 15) is 4.79 Å². The highest BCUT2D eigenvalue weighted by atomic mass is 16.5. The van der Waals surface area contributed by atoms with Gasteiger partial charge in [-0.05, 0) is 30.7 Å². The summed E-state index contributed by atoms with van der Waals surface area (Å²) in [5.41, 5.74) is 2.76. The molecule has 1 amide bonds. The van der Waals surface area contributed by atoms with Crippen LogP contribution in [0.1, 0.15) is 16.1 Å². The van der Waals surface area contributed by atoms with Crippen molar-refractivity contribution in [2.75, 3.05) is 5.32 Å². The van der Waals surface area contributed by atoms with Gasteiger partial charge in [0.05, 0.1) is 0 Å². The number of hydrogen-bond acceptors (Lipinski definition) is 4. The molecule has 0 fully saturated rings. The number of carbonyl (C=O) groups is 1. The molecule has 0 unspecified atom stereocenters. The second-order valence-corrected chi connectivity index (χ2v) is 4.59. The smallest absolute Gasteiger partial charge is 0.277 e. The van der Waals surface area contributed by atoms with Crippen LogP contribution in [-0.4, -0.2) is 16.0 Å². The molecular formula is C16H13N3O2. The Hall–Kier alpha value is -2.95. The third-order valence-electron chi connectivity index (χ3n) is 3.08. The largest absolute Gasteiger partial charge is 0.355 e. The summed E-state index contributed by atoms with van der Waals surface area (Å²) in [5.74, 6) is 0.209. The quantitative estimate of drug-likeness (QED) is 0.798. The van der Waals surface area contributed by atoms with Crippen molar-refractivity contribution in [3.8, 4) is 11.3 Å². The fourth-order valence-corrected chi connectivity index (χ4v) is 1.93. The topological polar surface area (TPSA) is 68.0 Å². The molecule has 104 valence electrons. The second kappa shape index (κ2) is 5.58. The van der Waals surface area contributed by atoms with E-state index in [-0.39, 0.29) is 11.6 Å². The molecule has 1 N–H and O–H groups in total. The van der Waals surface area contributed by atoms with E-state index in [1.54, 1.807) is 24.5 Å². The van der Waals surface area contributed by atoms with Crippen molar-refractivity contribution in [2.45, 2.75) is 6.92 Å². The highest BCUT2D eigenvalue weighted by molar-refractivity contribution is 6.03. The lowest BCUT2D eigenvalue weighted by molar-refractivity contribution is 0.101. The lowest BCUT2D eigenvalue weighted by Gasteiger charge is -2.05. The summed E-state index contributed by atoms with van der Waals surface area (Å²) in [5, 5.41) is 6.62. The van der Waals surface area contributed by atoms with E-state index >= 15 is 0 Å². The first kappa shape index (κ1) is 13.1. The summed E-state index contributed by atoms with van der Waals surface area (Å²) < 4.78 is 5.19. The van der Waals surface area contributed by atoms with Gasteiger partial charge >= 0.3 is 0 Å². The van der Waals surface area contributed by atoms with Crippen LogP contribution in [0.2, 0.25) is 0 Å². The third kappa shape index (κ3) is 2.81. The van der Waals surface area contributed by atoms with E-state index in [1.165, 1.54) is 0 Å². The summed E-state index contributed by atoms with van der Waals surface area (Å²) in [6.45, 7) is 1.93. The molecule has 0 aliphatic heterocycles. The fourth-order valence-electron chi connectivity index (χ4n) is 1.93. The number of para-hydroxylation sites is 1. The maximum absolute atomic E-state index is 12.2. The van der Waals surface area contributed by atoms with Crippen LogP contribution in [0.15, 0.2) is 59.4 Å². The number of benzene rings is 1. The summed E-state index contributed by atoms with van der Waals surface area (Å²) in [4.78, 5) is 16.2. The Morgan fingerprint density at radius 3 is 2.81 bits per heavy atom. The molecule has 0 saturated heterocycles. The minimum atomic E-state index is -0.303. The average molecular weight is 279 g/mol. The van der Waals surface area contributed by atoms with Crippen molar-refractivity contribution in [1.82, 2.24) is 10.1 Å². The molecule has 0 aliphatic carbocycles. The molecule has 2 aromatic heterocycles. The molecule has 1 aromatic carbocycles. The SMILES string of the molecule is Cc1ccccc1NC(=O)c1cc(-c2cccnc2)on1. The van der Waals surface area contributed by atoms with E-state index in [4.69, 9.17) is 4.52 Å². The Balaban J connectivity index is 1.80. The van der Waals surface area contributed by atoms with Gasteiger partial charge in [-0.25, -0.2) is 0 Å². The number of nitrogens with one attached hydrogen (secondary N) is 1. The minimum Gasteiger partial charge on any atom is -0.355 e. The number of amides is 1. The average Bonchev–Trinajstić information content (AvgIpc) is 3.00. The van der Waals surface area contributed by atoms with Gasteiger partial charge < -0.3 is 9.84 Å². The van der Waals surface area contributed by atoms with Crippen molar-refractivity contribution in [2.24, 2.45) is 0 Å². The third-order valence-corrected chi connectivity index (χ3v) is 3.08. The molecule has 3 aromatic rings. The highest BCUT2D eigenvalue weighted by Crippen LogP contribution is 2.20. The number of pyridine rings is 1. The number of carbonyl (C=O) groups excluding carboxylic acids is 1. The molecule has 0 radical (unpaired) electrons. The fraction of sp³-hybridized carbons (Fsp3) is 0.0625. The molecule has 5 heteroatoms. The van der Waals surface area contributed by atoms with Gasteiger partial charge in [0.2, 0.25) is 0 Å². The van der Waals surface area contributed by atoms with Gasteiger partial charge in [0.1, 0.15) is 0 Å². The van der Waals surface area contributed by atoms with E-state index in [0.29, 0.717) is 5.76 Å². The maximum Gasteiger partial charge on any atom is 0.277 e.